The van der Waals surface area contributed by atoms with Crippen molar-refractivity contribution < 1.29 is 14.3 Å². The summed E-state index contributed by atoms with van der Waals surface area (Å²) in [5, 5.41) is 0. The third-order valence-corrected chi connectivity index (χ3v) is 4.68. The van der Waals surface area contributed by atoms with Gasteiger partial charge in [0, 0.05) is 12.2 Å². The van der Waals surface area contributed by atoms with Crippen LogP contribution in [0.3, 0.4) is 0 Å². The Morgan fingerprint density at radius 3 is 2.68 bits per heavy atom. The first-order valence-electron chi connectivity index (χ1n) is 8.99. The van der Waals surface area contributed by atoms with E-state index >= 15 is 0 Å². The third kappa shape index (κ3) is 3.34. The molecule has 2 N–H and O–H groups in total. The molecule has 1 aromatic heterocycles. The molecule has 7 nitrogen and oxygen atoms in total. The molecule has 1 aliphatic heterocycles. The van der Waals surface area contributed by atoms with Crippen molar-refractivity contribution in [2.45, 2.75) is 12.8 Å². The minimum absolute atomic E-state index is 0.277. The SMILES string of the molecule is COC(=O)c1ccc(Oc2ncnc(N3CCCc4ccccc43)c2N)cc1. The first-order valence-corrected chi connectivity index (χ1v) is 8.99. The minimum Gasteiger partial charge on any atom is -0.465 e. The van der Waals surface area contributed by atoms with E-state index in [0.717, 1.165) is 25.1 Å². The fourth-order valence-electron chi connectivity index (χ4n) is 3.31. The summed E-state index contributed by atoms with van der Waals surface area (Å²) in [7, 11) is 1.34. The number of ether oxygens (including phenoxy) is 2. The van der Waals surface area contributed by atoms with E-state index in [2.05, 4.69) is 27.0 Å². The Hall–Kier alpha value is -3.61. The molecule has 2 heterocycles. The number of carbonyl (C=O) groups excluding carboxylic acids is 1. The van der Waals surface area contributed by atoms with Gasteiger partial charge < -0.3 is 20.1 Å². The first kappa shape index (κ1) is 17.8. The van der Waals surface area contributed by atoms with Crippen molar-refractivity contribution >= 4 is 23.2 Å². The van der Waals surface area contributed by atoms with E-state index in [1.54, 1.807) is 24.3 Å². The van der Waals surface area contributed by atoms with Gasteiger partial charge in [-0.15, -0.1) is 0 Å². The molecular weight excluding hydrogens is 356 g/mol. The van der Waals surface area contributed by atoms with Crippen molar-refractivity contribution in [3.63, 3.8) is 0 Å². The number of carbonyl (C=O) groups is 1. The highest BCUT2D eigenvalue weighted by molar-refractivity contribution is 5.89. The maximum Gasteiger partial charge on any atom is 0.337 e. The summed E-state index contributed by atoms with van der Waals surface area (Å²) in [5.41, 5.74) is 9.54. The van der Waals surface area contributed by atoms with Crippen LogP contribution in [0.5, 0.6) is 11.6 Å². The number of nitrogens with two attached hydrogens (primary N) is 1. The lowest BCUT2D eigenvalue weighted by atomic mass is 10.0. The van der Waals surface area contributed by atoms with Gasteiger partial charge in [0.2, 0.25) is 5.88 Å². The van der Waals surface area contributed by atoms with E-state index in [1.807, 2.05) is 12.1 Å². The van der Waals surface area contributed by atoms with Crippen molar-refractivity contribution in [1.29, 1.82) is 0 Å². The molecule has 0 saturated heterocycles. The molecule has 0 bridgehead atoms. The van der Waals surface area contributed by atoms with Crippen molar-refractivity contribution in [2.24, 2.45) is 0 Å². The zero-order chi connectivity index (χ0) is 19.5. The highest BCUT2D eigenvalue weighted by Gasteiger charge is 2.23. The Morgan fingerprint density at radius 2 is 1.89 bits per heavy atom. The lowest BCUT2D eigenvalue weighted by Gasteiger charge is -2.31. The second-order valence-corrected chi connectivity index (χ2v) is 6.42. The number of benzene rings is 2. The van der Waals surface area contributed by atoms with Crippen LogP contribution in [-0.2, 0) is 11.2 Å². The molecule has 7 heteroatoms. The molecule has 2 aromatic carbocycles. The van der Waals surface area contributed by atoms with Crippen LogP contribution < -0.4 is 15.4 Å². The molecule has 0 aliphatic carbocycles. The number of anilines is 3. The molecule has 142 valence electrons. The predicted molar refractivity (Wildman–Crippen MR) is 106 cm³/mol. The van der Waals surface area contributed by atoms with Gasteiger partial charge in [-0.05, 0) is 48.7 Å². The van der Waals surface area contributed by atoms with E-state index in [0.29, 0.717) is 22.8 Å². The molecule has 0 saturated carbocycles. The Balaban J connectivity index is 1.62. The fraction of sp³-hybridized carbons (Fsp3) is 0.190. The van der Waals surface area contributed by atoms with Gasteiger partial charge in [-0.1, -0.05) is 18.2 Å². The van der Waals surface area contributed by atoms with E-state index in [-0.39, 0.29) is 5.88 Å². The quantitative estimate of drug-likeness (QED) is 0.694. The summed E-state index contributed by atoms with van der Waals surface area (Å²) in [6.45, 7) is 0.825. The maximum atomic E-state index is 11.5. The van der Waals surface area contributed by atoms with Crippen LogP contribution in [0.4, 0.5) is 17.2 Å². The molecule has 0 radical (unpaired) electrons. The van der Waals surface area contributed by atoms with Gasteiger partial charge in [0.25, 0.3) is 0 Å². The first-order chi connectivity index (χ1) is 13.7. The monoisotopic (exact) mass is 376 g/mol. The minimum atomic E-state index is -0.404. The number of nitrogen functional groups attached to an aromatic ring is 1. The molecule has 0 fully saturated rings. The summed E-state index contributed by atoms with van der Waals surface area (Å²) >= 11 is 0. The average Bonchev–Trinajstić information content (AvgIpc) is 2.75. The van der Waals surface area contributed by atoms with Gasteiger partial charge in [0.1, 0.15) is 17.8 Å². The number of rotatable bonds is 4. The van der Waals surface area contributed by atoms with Crippen LogP contribution in [-0.4, -0.2) is 29.6 Å². The Kier molecular flexibility index (Phi) is 4.80. The number of nitrogens with zero attached hydrogens (tertiary/aromatic N) is 3. The van der Waals surface area contributed by atoms with Crippen molar-refractivity contribution in [3.05, 3.63) is 66.0 Å². The fourth-order valence-corrected chi connectivity index (χ4v) is 3.31. The molecule has 0 atom stereocenters. The second kappa shape index (κ2) is 7.56. The lowest BCUT2D eigenvalue weighted by molar-refractivity contribution is 0.0600. The van der Waals surface area contributed by atoms with Crippen LogP contribution in [0, 0.1) is 0 Å². The van der Waals surface area contributed by atoms with Crippen LogP contribution in [0.25, 0.3) is 0 Å². The topological polar surface area (TPSA) is 90.6 Å². The van der Waals surface area contributed by atoms with Crippen LogP contribution in [0.15, 0.2) is 54.9 Å². The second-order valence-electron chi connectivity index (χ2n) is 6.42. The summed E-state index contributed by atoms with van der Waals surface area (Å²) in [4.78, 5) is 22.2. The molecule has 28 heavy (non-hydrogen) atoms. The van der Waals surface area contributed by atoms with Gasteiger partial charge >= 0.3 is 5.97 Å². The number of esters is 1. The normalized spacial score (nSPS) is 13.0. The number of aromatic nitrogens is 2. The summed E-state index contributed by atoms with van der Waals surface area (Å²) < 4.78 is 10.5. The van der Waals surface area contributed by atoms with E-state index in [1.165, 1.54) is 19.0 Å². The van der Waals surface area contributed by atoms with Gasteiger partial charge in [-0.25, -0.2) is 9.78 Å². The Labute approximate surface area is 162 Å². The molecule has 4 rings (SSSR count). The highest BCUT2D eigenvalue weighted by Crippen LogP contribution is 2.38. The number of methoxy groups -OCH3 is 1. The zero-order valence-electron chi connectivity index (χ0n) is 15.5. The van der Waals surface area contributed by atoms with Gasteiger partial charge in [-0.3, -0.25) is 0 Å². The van der Waals surface area contributed by atoms with E-state index < -0.39 is 5.97 Å². The molecule has 3 aromatic rings. The predicted octanol–water partition coefficient (Wildman–Crippen LogP) is 3.72. The molecule has 1 aliphatic rings. The Morgan fingerprint density at radius 1 is 1.11 bits per heavy atom. The van der Waals surface area contributed by atoms with Gasteiger partial charge in [0.15, 0.2) is 5.82 Å². The summed E-state index contributed by atoms with van der Waals surface area (Å²) in [6, 6.07) is 14.8. The molecule has 0 amide bonds. The van der Waals surface area contributed by atoms with E-state index in [4.69, 9.17) is 15.2 Å². The molecule has 0 spiro atoms. The van der Waals surface area contributed by atoms with E-state index in [9.17, 15) is 4.79 Å². The zero-order valence-corrected chi connectivity index (χ0v) is 15.5. The number of hydrogen-bond donors (Lipinski definition) is 1. The van der Waals surface area contributed by atoms with Gasteiger partial charge in [-0.2, -0.15) is 4.98 Å². The maximum absolute atomic E-state index is 11.5. The third-order valence-electron chi connectivity index (χ3n) is 4.68. The highest BCUT2D eigenvalue weighted by atomic mass is 16.5. The number of para-hydroxylation sites is 1. The van der Waals surface area contributed by atoms with Crippen molar-refractivity contribution in [1.82, 2.24) is 9.97 Å². The number of aryl methyl sites for hydroxylation is 1. The molecule has 0 unspecified atom stereocenters. The smallest absolute Gasteiger partial charge is 0.337 e. The Bertz CT molecular complexity index is 1000. The number of fused-ring (bicyclic) bond motifs is 1. The summed E-state index contributed by atoms with van der Waals surface area (Å²) in [5.74, 6) is 1.02. The van der Waals surface area contributed by atoms with Crippen LogP contribution in [0.2, 0.25) is 0 Å². The lowest BCUT2D eigenvalue weighted by Crippen LogP contribution is -2.26. The van der Waals surface area contributed by atoms with Crippen LogP contribution >= 0.6 is 0 Å². The van der Waals surface area contributed by atoms with Gasteiger partial charge in [0.05, 0.1) is 12.7 Å². The molecular formula is C21H20N4O3. The standard InChI is InChI=1S/C21H20N4O3/c1-27-21(26)15-8-10-16(11-9-15)28-20-18(22)19(23-13-24-20)25-12-4-6-14-5-2-3-7-17(14)25/h2-3,5,7-11,13H,4,6,12,22H2,1H3. The van der Waals surface area contributed by atoms with Crippen molar-refractivity contribution in [2.75, 3.05) is 24.3 Å². The van der Waals surface area contributed by atoms with Crippen molar-refractivity contribution in [3.8, 4) is 11.6 Å². The average molecular weight is 376 g/mol. The summed E-state index contributed by atoms with van der Waals surface area (Å²) in [6.07, 6.45) is 3.50. The largest absolute Gasteiger partial charge is 0.465 e. The van der Waals surface area contributed by atoms with Crippen LogP contribution in [0.1, 0.15) is 22.3 Å². The number of hydrogen-bond acceptors (Lipinski definition) is 7.